The number of sulfone groups is 1. The molecule has 0 unspecified atom stereocenters. The molecule has 1 N–H and O–H groups in total. The molecule has 0 spiro atoms. The largest absolute Gasteiger partial charge is 0.454 e. The van der Waals surface area contributed by atoms with Gasteiger partial charge >= 0.3 is 5.97 Å². The molecule has 0 aromatic heterocycles. The van der Waals surface area contributed by atoms with Gasteiger partial charge in [-0.1, -0.05) is 19.1 Å². The Morgan fingerprint density at radius 2 is 1.96 bits per heavy atom. The summed E-state index contributed by atoms with van der Waals surface area (Å²) in [5.41, 5.74) is -0.315. The third-order valence-electron chi connectivity index (χ3n) is 3.05. The van der Waals surface area contributed by atoms with E-state index in [2.05, 4.69) is 0 Å². The maximum absolute atomic E-state index is 12.0. The predicted octanol–water partition coefficient (Wildman–Crippen LogP) is 1.39. The van der Waals surface area contributed by atoms with Gasteiger partial charge in [0.05, 0.1) is 22.3 Å². The fourth-order valence-corrected chi connectivity index (χ4v) is 2.85. The van der Waals surface area contributed by atoms with E-state index in [-0.39, 0.29) is 21.9 Å². The number of hydrogen-bond donors (Lipinski definition) is 1. The zero-order chi connectivity index (χ0) is 17.6. The van der Waals surface area contributed by atoms with Crippen molar-refractivity contribution >= 4 is 27.3 Å². The van der Waals surface area contributed by atoms with Crippen LogP contribution in [0.5, 0.6) is 0 Å². The van der Waals surface area contributed by atoms with Gasteiger partial charge in [0.2, 0.25) is 0 Å². The van der Waals surface area contributed by atoms with Gasteiger partial charge in [-0.3, -0.25) is 4.79 Å². The zero-order valence-electron chi connectivity index (χ0n) is 12.7. The second kappa shape index (κ2) is 7.65. The number of nitrogens with one attached hydrogen (secondary N) is 1. The van der Waals surface area contributed by atoms with Crippen LogP contribution in [0.1, 0.15) is 24.2 Å². The molecule has 0 aliphatic rings. The molecule has 0 heterocycles. The lowest BCUT2D eigenvalue weighted by molar-refractivity contribution is -0.122. The molecule has 122 valence electrons. The lowest BCUT2D eigenvalue weighted by Gasteiger charge is -2.10. The van der Waals surface area contributed by atoms with E-state index in [0.29, 0.717) is 0 Å². The monoisotopic (exact) mass is 336 g/mol. The van der Waals surface area contributed by atoms with Crippen molar-refractivity contribution in [3.8, 4) is 6.07 Å². The summed E-state index contributed by atoms with van der Waals surface area (Å²) in [6.45, 7) is 2.05. The number of nitrogens with zero attached hydrogens (tertiary/aromatic N) is 1. The highest BCUT2D eigenvalue weighted by atomic mass is 32.2. The smallest absolute Gasteiger partial charge is 0.339 e. The fraction of sp³-hybridized carbons (Fsp3) is 0.333. The minimum absolute atomic E-state index is 0.150. The average molecular weight is 336 g/mol. The molecule has 1 atom stereocenters. The highest BCUT2D eigenvalue weighted by molar-refractivity contribution is 7.91. The van der Waals surface area contributed by atoms with Gasteiger partial charge in [0.25, 0.3) is 0 Å². The van der Waals surface area contributed by atoms with Gasteiger partial charge in [-0.15, -0.1) is 0 Å². The van der Waals surface area contributed by atoms with Crippen LogP contribution in [0.3, 0.4) is 0 Å². The van der Waals surface area contributed by atoms with Crippen molar-refractivity contribution in [2.75, 3.05) is 12.4 Å². The number of carbonyl (C=O) groups excluding carboxylic acids is 2. The number of hydrogen-bond acceptors (Lipinski definition) is 7. The molecule has 0 radical (unpaired) electrons. The normalized spacial score (nSPS) is 12.0. The summed E-state index contributed by atoms with van der Waals surface area (Å²) in [5, 5.41) is 16.1. The van der Waals surface area contributed by atoms with Gasteiger partial charge in [-0.05, 0) is 19.1 Å². The number of Topliss-reactive ketones (excluding diaryl/α,β-unsaturated/α-hetero) is 1. The van der Waals surface area contributed by atoms with Crippen molar-refractivity contribution in [3.05, 3.63) is 29.8 Å². The van der Waals surface area contributed by atoms with Crippen LogP contribution < -0.4 is 0 Å². The maximum Gasteiger partial charge on any atom is 0.339 e. The van der Waals surface area contributed by atoms with Crippen molar-refractivity contribution in [1.29, 1.82) is 10.7 Å². The van der Waals surface area contributed by atoms with E-state index in [4.69, 9.17) is 15.4 Å². The highest BCUT2D eigenvalue weighted by Gasteiger charge is 2.24. The van der Waals surface area contributed by atoms with Crippen molar-refractivity contribution in [2.24, 2.45) is 5.92 Å². The van der Waals surface area contributed by atoms with Crippen molar-refractivity contribution in [3.63, 3.8) is 0 Å². The number of nitriles is 1. The second-order valence-corrected chi connectivity index (χ2v) is 6.93. The van der Waals surface area contributed by atoms with Crippen LogP contribution in [0.25, 0.3) is 0 Å². The number of ketones is 1. The van der Waals surface area contributed by atoms with Crippen LogP contribution in [-0.2, 0) is 19.4 Å². The number of carbonyl (C=O) groups is 2. The predicted molar refractivity (Wildman–Crippen MR) is 82.0 cm³/mol. The minimum atomic E-state index is -3.62. The molecule has 0 saturated heterocycles. The van der Waals surface area contributed by atoms with E-state index in [0.717, 1.165) is 0 Å². The van der Waals surface area contributed by atoms with E-state index in [1.54, 1.807) is 6.07 Å². The summed E-state index contributed by atoms with van der Waals surface area (Å²) in [6, 6.07) is 7.19. The maximum atomic E-state index is 12.0. The topological polar surface area (TPSA) is 125 Å². The first kappa shape index (κ1) is 18.5. The Balaban J connectivity index is 2.95. The Kier molecular flexibility index (Phi) is 6.16. The molecule has 0 aliphatic heterocycles. The molecule has 1 rings (SSSR count). The minimum Gasteiger partial charge on any atom is -0.454 e. The Labute approximate surface area is 134 Å². The first-order chi connectivity index (χ1) is 10.7. The summed E-state index contributed by atoms with van der Waals surface area (Å²) in [7, 11) is -3.62. The summed E-state index contributed by atoms with van der Waals surface area (Å²) in [5.74, 6) is -3.16. The Bertz CT molecular complexity index is 777. The van der Waals surface area contributed by atoms with Gasteiger partial charge in [-0.2, -0.15) is 5.26 Å². The molecule has 0 fully saturated rings. The van der Waals surface area contributed by atoms with E-state index < -0.39 is 34.1 Å². The second-order valence-electron chi connectivity index (χ2n) is 4.69. The van der Waals surface area contributed by atoms with E-state index in [1.807, 2.05) is 0 Å². The molecule has 0 aliphatic carbocycles. The molecule has 0 saturated carbocycles. The number of benzene rings is 1. The summed E-state index contributed by atoms with van der Waals surface area (Å²) >= 11 is 0. The Morgan fingerprint density at radius 1 is 1.35 bits per heavy atom. The molecule has 7 nitrogen and oxygen atoms in total. The molecule has 1 aromatic rings. The van der Waals surface area contributed by atoms with Crippen LogP contribution >= 0.6 is 0 Å². The molecule has 0 amide bonds. The quantitative estimate of drug-likeness (QED) is 0.592. The van der Waals surface area contributed by atoms with Gasteiger partial charge < -0.3 is 10.1 Å². The zero-order valence-corrected chi connectivity index (χ0v) is 13.5. The van der Waals surface area contributed by atoms with Crippen molar-refractivity contribution in [1.82, 2.24) is 0 Å². The van der Waals surface area contributed by atoms with E-state index in [9.17, 15) is 18.0 Å². The average Bonchev–Trinajstić information content (AvgIpc) is 2.52. The standard InChI is InChI=1S/C15H16N2O5S/c1-3-23(20,21)14-7-5-4-6-11(14)15(19)22-9-13(18)12(8-16)10(2)17/h4-7,12,17H,3,9H2,1-2H3/t12-/m1/s1. The highest BCUT2D eigenvalue weighted by Crippen LogP contribution is 2.18. The fourth-order valence-electron chi connectivity index (χ4n) is 1.77. The summed E-state index contributed by atoms with van der Waals surface area (Å²) in [6.07, 6.45) is 0. The van der Waals surface area contributed by atoms with Crippen LogP contribution in [-0.4, -0.2) is 38.2 Å². The molecular weight excluding hydrogens is 320 g/mol. The molecule has 0 bridgehead atoms. The van der Waals surface area contributed by atoms with E-state index in [1.165, 1.54) is 38.1 Å². The Hall–Kier alpha value is -2.53. The first-order valence-corrected chi connectivity index (χ1v) is 8.36. The summed E-state index contributed by atoms with van der Waals surface area (Å²) in [4.78, 5) is 23.6. The lowest BCUT2D eigenvalue weighted by atomic mass is 10.0. The number of ether oxygens (including phenoxy) is 1. The van der Waals surface area contributed by atoms with Crippen LogP contribution in [0, 0.1) is 22.7 Å². The van der Waals surface area contributed by atoms with Crippen molar-refractivity contribution in [2.45, 2.75) is 18.7 Å². The van der Waals surface area contributed by atoms with Gasteiger partial charge in [0, 0.05) is 5.71 Å². The van der Waals surface area contributed by atoms with Crippen molar-refractivity contribution < 1.29 is 22.7 Å². The first-order valence-electron chi connectivity index (χ1n) is 6.70. The molecule has 23 heavy (non-hydrogen) atoms. The Morgan fingerprint density at radius 3 is 2.48 bits per heavy atom. The van der Waals surface area contributed by atoms with Crippen LogP contribution in [0.4, 0.5) is 0 Å². The van der Waals surface area contributed by atoms with E-state index >= 15 is 0 Å². The summed E-state index contributed by atoms with van der Waals surface area (Å²) < 4.78 is 28.7. The lowest BCUT2D eigenvalue weighted by Crippen LogP contribution is -2.26. The SMILES string of the molecule is CCS(=O)(=O)c1ccccc1C(=O)OCC(=O)[C@H](C#N)C(C)=N. The van der Waals surface area contributed by atoms with Gasteiger partial charge in [-0.25, -0.2) is 13.2 Å². The third-order valence-corrected chi connectivity index (χ3v) is 4.84. The molecule has 8 heteroatoms. The number of esters is 1. The van der Waals surface area contributed by atoms with Gasteiger partial charge in [0.1, 0.15) is 5.92 Å². The third kappa shape index (κ3) is 4.47. The molecule has 1 aromatic carbocycles. The van der Waals surface area contributed by atoms with Crippen LogP contribution in [0.2, 0.25) is 0 Å². The van der Waals surface area contributed by atoms with Crippen LogP contribution in [0.15, 0.2) is 29.2 Å². The molecular formula is C15H16N2O5S. The van der Waals surface area contributed by atoms with Gasteiger partial charge in [0.15, 0.2) is 22.2 Å². The number of rotatable bonds is 7.